The molecular weight excluding hydrogens is 270 g/mol. The van der Waals surface area contributed by atoms with Crippen LogP contribution in [0.4, 0.5) is 13.6 Å². The lowest BCUT2D eigenvalue weighted by atomic mass is 9.93. The lowest BCUT2D eigenvalue weighted by Gasteiger charge is -2.45. The van der Waals surface area contributed by atoms with Crippen LogP contribution >= 0.6 is 0 Å². The van der Waals surface area contributed by atoms with Gasteiger partial charge in [0.25, 0.3) is 0 Å². The van der Waals surface area contributed by atoms with Crippen LogP contribution in [0.1, 0.15) is 5.56 Å². The van der Waals surface area contributed by atoms with Gasteiger partial charge in [0.1, 0.15) is 0 Å². The molecule has 0 saturated carbocycles. The molecule has 2 saturated heterocycles. The van der Waals surface area contributed by atoms with Gasteiger partial charge in [0.15, 0.2) is 17.2 Å². The van der Waals surface area contributed by atoms with E-state index in [1.807, 2.05) is 0 Å². The second-order valence-electron chi connectivity index (χ2n) is 5.10. The standard InChI is InChI=1S/C13H12F2N2O3/c14-9-2-1-8(3-10(9)15)4-11(18)17-6-13(7-17)5-16-12(19)20-13/h1-3H,4-7H2,(H,16,19). The minimum absolute atomic E-state index is 0.00530. The molecule has 5 nitrogen and oxygen atoms in total. The zero-order valence-corrected chi connectivity index (χ0v) is 10.5. The fraction of sp³-hybridized carbons (Fsp3) is 0.385. The highest BCUT2D eigenvalue weighted by Crippen LogP contribution is 2.28. The predicted molar refractivity (Wildman–Crippen MR) is 63.9 cm³/mol. The van der Waals surface area contributed by atoms with Gasteiger partial charge in [-0.3, -0.25) is 4.79 Å². The fourth-order valence-corrected chi connectivity index (χ4v) is 2.44. The summed E-state index contributed by atoms with van der Waals surface area (Å²) in [7, 11) is 0. The molecule has 2 aliphatic heterocycles. The minimum Gasteiger partial charge on any atom is -0.437 e. The van der Waals surface area contributed by atoms with E-state index in [0.29, 0.717) is 25.2 Å². The van der Waals surface area contributed by atoms with Crippen molar-refractivity contribution in [2.75, 3.05) is 19.6 Å². The number of benzene rings is 1. The average molecular weight is 282 g/mol. The number of ether oxygens (including phenoxy) is 1. The Hall–Kier alpha value is -2.18. The van der Waals surface area contributed by atoms with Crippen molar-refractivity contribution in [1.82, 2.24) is 10.2 Å². The number of carbonyl (C=O) groups excluding carboxylic acids is 2. The third kappa shape index (κ3) is 2.19. The SMILES string of the molecule is O=C1NCC2(CN(C(=O)Cc3ccc(F)c(F)c3)C2)O1. The Bertz CT molecular complexity index is 585. The van der Waals surface area contributed by atoms with Gasteiger partial charge >= 0.3 is 6.09 Å². The summed E-state index contributed by atoms with van der Waals surface area (Å²) >= 11 is 0. The highest BCUT2D eigenvalue weighted by Gasteiger charge is 2.51. The molecule has 0 bridgehead atoms. The Morgan fingerprint density at radius 3 is 2.70 bits per heavy atom. The lowest BCUT2D eigenvalue weighted by molar-refractivity contribution is -0.149. The summed E-state index contributed by atoms with van der Waals surface area (Å²) < 4.78 is 30.9. The summed E-state index contributed by atoms with van der Waals surface area (Å²) in [5.41, 5.74) is -0.197. The summed E-state index contributed by atoms with van der Waals surface area (Å²) in [5, 5.41) is 2.54. The topological polar surface area (TPSA) is 58.6 Å². The number of rotatable bonds is 2. The van der Waals surface area contributed by atoms with Crippen LogP contribution in [0.5, 0.6) is 0 Å². The van der Waals surface area contributed by atoms with Crippen molar-refractivity contribution in [3.8, 4) is 0 Å². The van der Waals surface area contributed by atoms with Crippen molar-refractivity contribution in [1.29, 1.82) is 0 Å². The molecule has 20 heavy (non-hydrogen) atoms. The van der Waals surface area contributed by atoms with Crippen molar-refractivity contribution < 1.29 is 23.1 Å². The first-order chi connectivity index (χ1) is 9.47. The van der Waals surface area contributed by atoms with Gasteiger partial charge in [-0.05, 0) is 17.7 Å². The molecule has 1 N–H and O–H groups in total. The lowest BCUT2D eigenvalue weighted by Crippen LogP contribution is -2.65. The molecular formula is C13H12F2N2O3. The normalized spacial score (nSPS) is 19.5. The van der Waals surface area contributed by atoms with Crippen molar-refractivity contribution in [2.24, 2.45) is 0 Å². The average Bonchev–Trinajstić information content (AvgIpc) is 2.74. The van der Waals surface area contributed by atoms with Gasteiger partial charge in [-0.1, -0.05) is 6.07 Å². The van der Waals surface area contributed by atoms with Crippen molar-refractivity contribution in [3.05, 3.63) is 35.4 Å². The van der Waals surface area contributed by atoms with Crippen LogP contribution in [0, 0.1) is 11.6 Å². The molecule has 0 aromatic heterocycles. The Morgan fingerprint density at radius 1 is 1.35 bits per heavy atom. The van der Waals surface area contributed by atoms with Gasteiger partial charge in [0, 0.05) is 0 Å². The van der Waals surface area contributed by atoms with E-state index in [1.54, 1.807) is 0 Å². The Labute approximate surface area is 113 Å². The monoisotopic (exact) mass is 282 g/mol. The number of hydrogen-bond acceptors (Lipinski definition) is 3. The first-order valence-corrected chi connectivity index (χ1v) is 6.16. The summed E-state index contributed by atoms with van der Waals surface area (Å²) in [6.07, 6.45) is -0.480. The predicted octanol–water partition coefficient (Wildman–Crippen LogP) is 0.828. The van der Waals surface area contributed by atoms with Crippen LogP contribution in [-0.4, -0.2) is 42.1 Å². The molecule has 0 radical (unpaired) electrons. The molecule has 2 amide bonds. The zero-order chi connectivity index (χ0) is 14.3. The largest absolute Gasteiger partial charge is 0.437 e. The Kier molecular flexibility index (Phi) is 2.84. The number of likely N-dealkylation sites (tertiary alicyclic amines) is 1. The van der Waals surface area contributed by atoms with E-state index in [1.165, 1.54) is 11.0 Å². The van der Waals surface area contributed by atoms with E-state index in [9.17, 15) is 18.4 Å². The third-order valence-electron chi connectivity index (χ3n) is 3.51. The van der Waals surface area contributed by atoms with Gasteiger partial charge < -0.3 is 15.0 Å². The number of nitrogens with zero attached hydrogens (tertiary/aromatic N) is 1. The smallest absolute Gasteiger partial charge is 0.408 e. The highest BCUT2D eigenvalue weighted by molar-refractivity contribution is 5.80. The quantitative estimate of drug-likeness (QED) is 0.874. The maximum absolute atomic E-state index is 13.0. The van der Waals surface area contributed by atoms with Crippen LogP contribution in [0.2, 0.25) is 0 Å². The number of hydrogen-bond donors (Lipinski definition) is 1. The molecule has 1 aromatic carbocycles. The van der Waals surface area contributed by atoms with Crippen molar-refractivity contribution >= 4 is 12.0 Å². The van der Waals surface area contributed by atoms with Crippen LogP contribution in [0.3, 0.4) is 0 Å². The molecule has 0 atom stereocenters. The number of alkyl carbamates (subject to hydrolysis) is 1. The van der Waals surface area contributed by atoms with Gasteiger partial charge in [0.05, 0.1) is 26.1 Å². The fourth-order valence-electron chi connectivity index (χ4n) is 2.44. The van der Waals surface area contributed by atoms with Gasteiger partial charge in [-0.25, -0.2) is 13.6 Å². The summed E-state index contributed by atoms with van der Waals surface area (Å²) in [4.78, 5) is 24.5. The number of nitrogens with one attached hydrogen (secondary N) is 1. The van der Waals surface area contributed by atoms with E-state index in [4.69, 9.17) is 4.74 Å². The molecule has 2 fully saturated rings. The molecule has 106 valence electrons. The number of carbonyl (C=O) groups is 2. The molecule has 2 aliphatic rings. The third-order valence-corrected chi connectivity index (χ3v) is 3.51. The highest BCUT2D eigenvalue weighted by atomic mass is 19.2. The van der Waals surface area contributed by atoms with E-state index >= 15 is 0 Å². The first kappa shape index (κ1) is 12.8. The van der Waals surface area contributed by atoms with Crippen LogP contribution in [0.25, 0.3) is 0 Å². The van der Waals surface area contributed by atoms with E-state index in [-0.39, 0.29) is 12.3 Å². The molecule has 0 unspecified atom stereocenters. The summed E-state index contributed by atoms with van der Waals surface area (Å²) in [6, 6.07) is 3.39. The first-order valence-electron chi connectivity index (χ1n) is 6.16. The van der Waals surface area contributed by atoms with Crippen LogP contribution in [-0.2, 0) is 16.0 Å². The molecule has 1 aromatic rings. The molecule has 1 spiro atoms. The van der Waals surface area contributed by atoms with Crippen LogP contribution < -0.4 is 5.32 Å². The summed E-state index contributed by atoms with van der Waals surface area (Å²) in [6.45, 7) is 1.04. The molecule has 2 heterocycles. The van der Waals surface area contributed by atoms with Crippen molar-refractivity contribution in [2.45, 2.75) is 12.0 Å². The van der Waals surface area contributed by atoms with E-state index in [2.05, 4.69) is 5.32 Å². The van der Waals surface area contributed by atoms with Gasteiger partial charge in [0.2, 0.25) is 5.91 Å². The Morgan fingerprint density at radius 2 is 2.10 bits per heavy atom. The van der Waals surface area contributed by atoms with Gasteiger partial charge in [-0.2, -0.15) is 0 Å². The second kappa shape index (κ2) is 4.43. The summed E-state index contributed by atoms with van der Waals surface area (Å²) in [5.74, 6) is -2.11. The van der Waals surface area contributed by atoms with E-state index < -0.39 is 23.3 Å². The number of halogens is 2. The molecule has 7 heteroatoms. The number of amides is 2. The minimum atomic E-state index is -0.968. The maximum atomic E-state index is 13.0. The van der Waals surface area contributed by atoms with Gasteiger partial charge in [-0.15, -0.1) is 0 Å². The second-order valence-corrected chi connectivity index (χ2v) is 5.10. The maximum Gasteiger partial charge on any atom is 0.408 e. The molecule has 0 aliphatic carbocycles. The molecule has 3 rings (SSSR count). The van der Waals surface area contributed by atoms with Crippen LogP contribution in [0.15, 0.2) is 18.2 Å². The van der Waals surface area contributed by atoms with Crippen molar-refractivity contribution in [3.63, 3.8) is 0 Å². The zero-order valence-electron chi connectivity index (χ0n) is 10.5. The Balaban J connectivity index is 1.58. The van der Waals surface area contributed by atoms with E-state index in [0.717, 1.165) is 12.1 Å².